The van der Waals surface area contributed by atoms with Crippen LogP contribution in [-0.4, -0.2) is 19.5 Å². The lowest BCUT2D eigenvalue weighted by atomic mass is 10.2. The molecule has 0 heterocycles. The van der Waals surface area contributed by atoms with Crippen LogP contribution in [0.25, 0.3) is 0 Å². The molecule has 0 amide bonds. The maximum atomic E-state index is 13.1. The average molecular weight is 207 g/mol. The highest BCUT2D eigenvalue weighted by molar-refractivity contribution is 4.55. The first-order valence-corrected chi connectivity index (χ1v) is 5.74. The second-order valence-corrected chi connectivity index (χ2v) is 3.67. The molecule has 0 aliphatic rings. The number of halogens is 2. The molecule has 0 spiro atoms. The third kappa shape index (κ3) is 9.90. The fraction of sp³-hybridized carbons (Fsp3) is 1.00. The summed E-state index contributed by atoms with van der Waals surface area (Å²) < 4.78 is 24.7. The van der Waals surface area contributed by atoms with Gasteiger partial charge in [-0.05, 0) is 32.2 Å². The molecule has 1 N–H and O–H groups in total. The van der Waals surface area contributed by atoms with Crippen molar-refractivity contribution in [1.29, 1.82) is 0 Å². The monoisotopic (exact) mass is 207 g/mol. The zero-order valence-corrected chi connectivity index (χ0v) is 9.20. The molecule has 0 aromatic rings. The van der Waals surface area contributed by atoms with E-state index < -0.39 is 6.30 Å². The lowest BCUT2D eigenvalue weighted by Crippen LogP contribution is -2.25. The second-order valence-electron chi connectivity index (χ2n) is 3.67. The van der Waals surface area contributed by atoms with Gasteiger partial charge in [0.15, 0.2) is 6.30 Å². The third-order valence-corrected chi connectivity index (χ3v) is 2.24. The first-order chi connectivity index (χ1) is 6.81. The molecule has 0 bridgehead atoms. The molecule has 86 valence electrons. The van der Waals surface area contributed by atoms with Crippen LogP contribution >= 0.6 is 0 Å². The van der Waals surface area contributed by atoms with Crippen LogP contribution in [0.1, 0.15) is 51.9 Å². The Morgan fingerprint density at radius 3 is 2.50 bits per heavy atom. The average Bonchev–Trinajstić information content (AvgIpc) is 2.19. The summed E-state index contributed by atoms with van der Waals surface area (Å²) in [5.41, 5.74) is 0. The van der Waals surface area contributed by atoms with E-state index in [0.29, 0.717) is 12.8 Å². The van der Waals surface area contributed by atoms with Gasteiger partial charge in [0, 0.05) is 0 Å². The standard InChI is InChI=1S/C11H23F2N/c1-2-3-7-10-14-11(13)8-5-4-6-9-12/h11,14H,2-10H2,1H3. The minimum atomic E-state index is -0.897. The fourth-order valence-corrected chi connectivity index (χ4v) is 1.33. The number of alkyl halides is 2. The summed E-state index contributed by atoms with van der Waals surface area (Å²) in [6.07, 6.45) is 5.14. The summed E-state index contributed by atoms with van der Waals surface area (Å²) in [4.78, 5) is 0. The van der Waals surface area contributed by atoms with E-state index >= 15 is 0 Å². The van der Waals surface area contributed by atoms with Gasteiger partial charge < -0.3 is 0 Å². The van der Waals surface area contributed by atoms with Gasteiger partial charge in [-0.1, -0.05) is 26.2 Å². The number of rotatable bonds is 10. The summed E-state index contributed by atoms with van der Waals surface area (Å²) in [5, 5.41) is 2.83. The Labute approximate surface area is 86.3 Å². The van der Waals surface area contributed by atoms with E-state index in [9.17, 15) is 8.78 Å². The van der Waals surface area contributed by atoms with Gasteiger partial charge in [0.25, 0.3) is 0 Å². The summed E-state index contributed by atoms with van der Waals surface area (Å²) in [6, 6.07) is 0. The molecule has 14 heavy (non-hydrogen) atoms. The van der Waals surface area contributed by atoms with E-state index in [2.05, 4.69) is 12.2 Å². The van der Waals surface area contributed by atoms with Crippen molar-refractivity contribution in [3.05, 3.63) is 0 Å². The highest BCUT2D eigenvalue weighted by atomic mass is 19.1. The Kier molecular flexibility index (Phi) is 10.8. The Balaban J connectivity index is 3.07. The quantitative estimate of drug-likeness (QED) is 0.426. The Hall–Kier alpha value is -0.180. The van der Waals surface area contributed by atoms with Crippen LogP contribution in [0.3, 0.4) is 0 Å². The normalized spacial score (nSPS) is 13.1. The van der Waals surface area contributed by atoms with Gasteiger partial charge in [0.1, 0.15) is 0 Å². The molecular formula is C11H23F2N. The predicted molar refractivity (Wildman–Crippen MR) is 56.9 cm³/mol. The molecule has 1 atom stereocenters. The molecule has 1 unspecified atom stereocenters. The first-order valence-electron chi connectivity index (χ1n) is 5.74. The van der Waals surface area contributed by atoms with Crippen LogP contribution in [0, 0.1) is 0 Å². The van der Waals surface area contributed by atoms with Crippen molar-refractivity contribution < 1.29 is 8.78 Å². The van der Waals surface area contributed by atoms with E-state index in [-0.39, 0.29) is 6.67 Å². The maximum absolute atomic E-state index is 13.1. The minimum Gasteiger partial charge on any atom is -0.288 e. The Bertz CT molecular complexity index is 97.5. The predicted octanol–water partition coefficient (Wildman–Crippen LogP) is 3.59. The van der Waals surface area contributed by atoms with Crippen LogP contribution in [-0.2, 0) is 0 Å². The molecule has 0 aromatic carbocycles. The molecule has 1 nitrogen and oxygen atoms in total. The van der Waals surface area contributed by atoms with E-state index in [0.717, 1.165) is 38.6 Å². The minimum absolute atomic E-state index is 0.277. The molecular weight excluding hydrogens is 184 g/mol. The number of hydrogen-bond donors (Lipinski definition) is 1. The van der Waals surface area contributed by atoms with E-state index in [1.54, 1.807) is 0 Å². The molecule has 0 radical (unpaired) electrons. The molecule has 0 saturated carbocycles. The summed E-state index contributed by atoms with van der Waals surface area (Å²) >= 11 is 0. The van der Waals surface area contributed by atoms with Gasteiger partial charge in [0.05, 0.1) is 6.67 Å². The molecule has 3 heteroatoms. The number of unbranched alkanes of at least 4 members (excludes halogenated alkanes) is 4. The summed E-state index contributed by atoms with van der Waals surface area (Å²) in [5.74, 6) is 0. The van der Waals surface area contributed by atoms with Crippen LogP contribution in [0.15, 0.2) is 0 Å². The first kappa shape index (κ1) is 13.8. The Morgan fingerprint density at radius 2 is 1.86 bits per heavy atom. The van der Waals surface area contributed by atoms with Gasteiger partial charge >= 0.3 is 0 Å². The van der Waals surface area contributed by atoms with Gasteiger partial charge in [-0.2, -0.15) is 0 Å². The van der Waals surface area contributed by atoms with Gasteiger partial charge in [-0.25, -0.2) is 4.39 Å². The van der Waals surface area contributed by atoms with E-state index in [1.165, 1.54) is 0 Å². The highest BCUT2D eigenvalue weighted by Crippen LogP contribution is 2.05. The number of hydrogen-bond acceptors (Lipinski definition) is 1. The molecule has 0 rings (SSSR count). The van der Waals surface area contributed by atoms with Crippen molar-refractivity contribution in [2.24, 2.45) is 0 Å². The van der Waals surface area contributed by atoms with Gasteiger partial charge in [-0.3, -0.25) is 9.71 Å². The summed E-state index contributed by atoms with van der Waals surface area (Å²) in [6.45, 7) is 2.61. The van der Waals surface area contributed by atoms with Crippen LogP contribution < -0.4 is 5.32 Å². The smallest absolute Gasteiger partial charge is 0.151 e. The zero-order chi connectivity index (χ0) is 10.6. The number of nitrogens with one attached hydrogen (secondary N) is 1. The fourth-order valence-electron chi connectivity index (χ4n) is 1.33. The zero-order valence-electron chi connectivity index (χ0n) is 9.20. The molecule has 0 aromatic heterocycles. The molecule has 0 saturated heterocycles. The van der Waals surface area contributed by atoms with Crippen molar-refractivity contribution in [1.82, 2.24) is 5.32 Å². The van der Waals surface area contributed by atoms with Crippen molar-refractivity contribution >= 4 is 0 Å². The Morgan fingerprint density at radius 1 is 1.07 bits per heavy atom. The highest BCUT2D eigenvalue weighted by Gasteiger charge is 2.03. The summed E-state index contributed by atoms with van der Waals surface area (Å²) in [7, 11) is 0. The lowest BCUT2D eigenvalue weighted by molar-refractivity contribution is 0.248. The molecule has 0 fully saturated rings. The van der Waals surface area contributed by atoms with Crippen molar-refractivity contribution in [2.75, 3.05) is 13.2 Å². The third-order valence-electron chi connectivity index (χ3n) is 2.24. The molecule has 0 aliphatic heterocycles. The van der Waals surface area contributed by atoms with Gasteiger partial charge in [-0.15, -0.1) is 0 Å². The van der Waals surface area contributed by atoms with Crippen molar-refractivity contribution in [2.45, 2.75) is 58.2 Å². The van der Waals surface area contributed by atoms with Crippen LogP contribution in [0.5, 0.6) is 0 Å². The molecule has 0 aliphatic carbocycles. The second kappa shape index (κ2) is 10.9. The maximum Gasteiger partial charge on any atom is 0.151 e. The van der Waals surface area contributed by atoms with Crippen molar-refractivity contribution in [3.8, 4) is 0 Å². The largest absolute Gasteiger partial charge is 0.288 e. The lowest BCUT2D eigenvalue weighted by Gasteiger charge is -2.09. The topological polar surface area (TPSA) is 12.0 Å². The van der Waals surface area contributed by atoms with Crippen LogP contribution in [0.4, 0.5) is 8.78 Å². The van der Waals surface area contributed by atoms with Gasteiger partial charge in [0.2, 0.25) is 0 Å². The SMILES string of the molecule is CCCCCNC(F)CCCCCF. The van der Waals surface area contributed by atoms with Crippen LogP contribution in [0.2, 0.25) is 0 Å². The van der Waals surface area contributed by atoms with E-state index in [1.807, 2.05) is 0 Å². The van der Waals surface area contributed by atoms with Crippen molar-refractivity contribution in [3.63, 3.8) is 0 Å². The van der Waals surface area contributed by atoms with E-state index in [4.69, 9.17) is 0 Å².